The van der Waals surface area contributed by atoms with Crippen molar-refractivity contribution in [3.8, 4) is 6.07 Å². The van der Waals surface area contributed by atoms with Gasteiger partial charge in [0.15, 0.2) is 5.78 Å². The molecule has 1 fully saturated rings. The van der Waals surface area contributed by atoms with Crippen LogP contribution in [0.4, 0.5) is 4.39 Å². The molecule has 0 aromatic carbocycles. The zero-order chi connectivity index (χ0) is 7.61. The quantitative estimate of drug-likeness (QED) is 0.511. The number of carbonyl (C=O) groups is 1. The van der Waals surface area contributed by atoms with Crippen LogP contribution in [0.3, 0.4) is 0 Å². The second-order valence-corrected chi connectivity index (χ2v) is 2.54. The minimum absolute atomic E-state index is 0.0856. The van der Waals surface area contributed by atoms with Crippen LogP contribution in [0.2, 0.25) is 0 Å². The predicted molar refractivity (Wildman–Crippen MR) is 32.9 cm³/mol. The predicted octanol–water partition coefficient (Wildman–Crippen LogP) is 1.36. The monoisotopic (exact) mass is 141 g/mol. The molecule has 1 saturated carbocycles. The zero-order valence-electron chi connectivity index (χ0n) is 5.56. The Morgan fingerprint density at radius 1 is 1.60 bits per heavy atom. The Balaban J connectivity index is 2.75. The third-order valence-corrected chi connectivity index (χ3v) is 1.79. The first kappa shape index (κ1) is 7.20. The van der Waals surface area contributed by atoms with Gasteiger partial charge in [-0.05, 0) is 12.8 Å². The smallest absolute Gasteiger partial charge is 0.253 e. The fourth-order valence-corrected chi connectivity index (χ4v) is 1.11. The lowest BCUT2D eigenvalue weighted by Gasteiger charge is -2.19. The summed E-state index contributed by atoms with van der Waals surface area (Å²) in [6, 6.07) is 1.41. The molecule has 1 atom stereocenters. The van der Waals surface area contributed by atoms with Gasteiger partial charge in [0.05, 0.1) is 0 Å². The highest BCUT2D eigenvalue weighted by Gasteiger charge is 2.39. The summed E-state index contributed by atoms with van der Waals surface area (Å²) < 4.78 is 13.0. The minimum atomic E-state index is -2.15. The van der Waals surface area contributed by atoms with E-state index in [-0.39, 0.29) is 12.8 Å². The number of carbonyl (C=O) groups excluding carboxylic acids is 1. The fraction of sp³-hybridized carbons (Fsp3) is 0.714. The molecule has 0 spiro atoms. The van der Waals surface area contributed by atoms with Crippen molar-refractivity contribution in [1.29, 1.82) is 5.26 Å². The van der Waals surface area contributed by atoms with E-state index >= 15 is 0 Å². The molecular weight excluding hydrogens is 133 g/mol. The minimum Gasteiger partial charge on any atom is -0.295 e. The lowest BCUT2D eigenvalue weighted by Crippen LogP contribution is -2.34. The van der Waals surface area contributed by atoms with Gasteiger partial charge in [-0.2, -0.15) is 5.26 Å². The third kappa shape index (κ3) is 1.02. The van der Waals surface area contributed by atoms with Gasteiger partial charge in [-0.1, -0.05) is 0 Å². The number of hydrogen-bond acceptors (Lipinski definition) is 2. The highest BCUT2D eigenvalue weighted by molar-refractivity contribution is 5.90. The summed E-state index contributed by atoms with van der Waals surface area (Å²) in [4.78, 5) is 10.7. The van der Waals surface area contributed by atoms with Crippen LogP contribution in [-0.2, 0) is 4.79 Å². The SMILES string of the molecule is N#CC1(F)CCCCC1=O. The molecule has 1 rings (SSSR count). The molecule has 0 aliphatic heterocycles. The van der Waals surface area contributed by atoms with Crippen LogP contribution in [-0.4, -0.2) is 11.5 Å². The molecule has 1 unspecified atom stereocenters. The number of rotatable bonds is 0. The number of hydrogen-bond donors (Lipinski definition) is 0. The van der Waals surface area contributed by atoms with Crippen molar-refractivity contribution < 1.29 is 9.18 Å². The largest absolute Gasteiger partial charge is 0.295 e. The molecule has 10 heavy (non-hydrogen) atoms. The molecule has 0 N–H and O–H groups in total. The number of nitriles is 1. The lowest BCUT2D eigenvalue weighted by molar-refractivity contribution is -0.129. The van der Waals surface area contributed by atoms with Crippen LogP contribution in [0.15, 0.2) is 0 Å². The number of Topliss-reactive ketones (excluding diaryl/α,β-unsaturated/α-hetero) is 1. The van der Waals surface area contributed by atoms with E-state index < -0.39 is 11.5 Å². The molecule has 1 aliphatic carbocycles. The highest BCUT2D eigenvalue weighted by atomic mass is 19.1. The Hall–Kier alpha value is -0.910. The molecule has 54 valence electrons. The van der Waals surface area contributed by atoms with Crippen molar-refractivity contribution >= 4 is 5.78 Å². The Morgan fingerprint density at radius 3 is 2.70 bits per heavy atom. The van der Waals surface area contributed by atoms with Crippen molar-refractivity contribution in [2.45, 2.75) is 31.4 Å². The molecule has 0 saturated heterocycles. The standard InChI is InChI=1S/C7H8FNO/c8-7(5-9)4-2-1-3-6(7)10/h1-4H2. The number of nitrogens with zero attached hydrogens (tertiary/aromatic N) is 1. The van der Waals surface area contributed by atoms with E-state index in [0.29, 0.717) is 6.42 Å². The van der Waals surface area contributed by atoms with Crippen LogP contribution in [0.25, 0.3) is 0 Å². The molecule has 2 nitrogen and oxygen atoms in total. The molecule has 3 heteroatoms. The van der Waals surface area contributed by atoms with Gasteiger partial charge in [0.1, 0.15) is 6.07 Å². The summed E-state index contributed by atoms with van der Waals surface area (Å²) in [5.74, 6) is -0.541. The second-order valence-electron chi connectivity index (χ2n) is 2.54. The fourth-order valence-electron chi connectivity index (χ4n) is 1.11. The van der Waals surface area contributed by atoms with Gasteiger partial charge in [-0.15, -0.1) is 0 Å². The number of ketones is 1. The van der Waals surface area contributed by atoms with Gasteiger partial charge in [0.2, 0.25) is 0 Å². The Bertz CT molecular complexity index is 196. The van der Waals surface area contributed by atoms with E-state index in [0.717, 1.165) is 6.42 Å². The molecule has 1 aliphatic rings. The summed E-state index contributed by atoms with van der Waals surface area (Å²) in [6.07, 6.45) is 1.69. The Kier molecular flexibility index (Phi) is 1.71. The van der Waals surface area contributed by atoms with Crippen molar-refractivity contribution in [3.63, 3.8) is 0 Å². The first-order valence-corrected chi connectivity index (χ1v) is 3.32. The van der Waals surface area contributed by atoms with Gasteiger partial charge >= 0.3 is 0 Å². The van der Waals surface area contributed by atoms with Crippen LogP contribution in [0.5, 0.6) is 0 Å². The molecule has 0 amide bonds. The summed E-state index contributed by atoms with van der Waals surface area (Å²) in [5, 5.41) is 8.27. The Morgan fingerprint density at radius 2 is 2.30 bits per heavy atom. The van der Waals surface area contributed by atoms with Gasteiger partial charge in [-0.3, -0.25) is 4.79 Å². The normalized spacial score (nSPS) is 33.4. The van der Waals surface area contributed by atoms with Gasteiger partial charge in [0.25, 0.3) is 5.67 Å². The molecule has 0 aromatic rings. The average Bonchev–Trinajstić information content (AvgIpc) is 1.96. The van der Waals surface area contributed by atoms with E-state index in [9.17, 15) is 9.18 Å². The van der Waals surface area contributed by atoms with Crippen molar-refractivity contribution in [3.05, 3.63) is 0 Å². The summed E-state index contributed by atoms with van der Waals surface area (Å²) in [6.45, 7) is 0. The number of halogens is 1. The van der Waals surface area contributed by atoms with E-state index in [4.69, 9.17) is 5.26 Å². The maximum Gasteiger partial charge on any atom is 0.253 e. The average molecular weight is 141 g/mol. The van der Waals surface area contributed by atoms with Crippen molar-refractivity contribution in [2.75, 3.05) is 0 Å². The maximum atomic E-state index is 13.0. The molecule has 0 aromatic heterocycles. The van der Waals surface area contributed by atoms with Crippen molar-refractivity contribution in [1.82, 2.24) is 0 Å². The van der Waals surface area contributed by atoms with E-state index in [1.165, 1.54) is 6.07 Å². The van der Waals surface area contributed by atoms with E-state index in [1.807, 2.05) is 0 Å². The summed E-state index contributed by atoms with van der Waals surface area (Å²) >= 11 is 0. The topological polar surface area (TPSA) is 40.9 Å². The third-order valence-electron chi connectivity index (χ3n) is 1.79. The van der Waals surface area contributed by atoms with Crippen molar-refractivity contribution in [2.24, 2.45) is 0 Å². The first-order chi connectivity index (χ1) is 4.69. The van der Waals surface area contributed by atoms with Crippen LogP contribution in [0.1, 0.15) is 25.7 Å². The lowest BCUT2D eigenvalue weighted by atomic mass is 9.86. The second kappa shape index (κ2) is 2.37. The van der Waals surface area contributed by atoms with Gasteiger partial charge in [0, 0.05) is 12.8 Å². The molecule has 0 bridgehead atoms. The van der Waals surface area contributed by atoms with Gasteiger partial charge in [-0.25, -0.2) is 4.39 Å². The summed E-state index contributed by atoms with van der Waals surface area (Å²) in [7, 11) is 0. The van der Waals surface area contributed by atoms with Crippen LogP contribution in [0, 0.1) is 11.3 Å². The van der Waals surface area contributed by atoms with E-state index in [1.54, 1.807) is 0 Å². The first-order valence-electron chi connectivity index (χ1n) is 3.32. The van der Waals surface area contributed by atoms with Gasteiger partial charge < -0.3 is 0 Å². The maximum absolute atomic E-state index is 13.0. The molecule has 0 heterocycles. The highest BCUT2D eigenvalue weighted by Crippen LogP contribution is 2.27. The molecular formula is C7H8FNO. The Labute approximate surface area is 58.6 Å². The number of alkyl halides is 1. The van der Waals surface area contributed by atoms with Crippen LogP contribution < -0.4 is 0 Å². The summed E-state index contributed by atoms with van der Waals surface area (Å²) in [5.41, 5.74) is -2.15. The van der Waals surface area contributed by atoms with E-state index in [2.05, 4.69) is 0 Å². The zero-order valence-corrected chi connectivity index (χ0v) is 5.56. The van der Waals surface area contributed by atoms with Crippen LogP contribution >= 0.6 is 0 Å². The molecule has 0 radical (unpaired) electrons.